The number of aromatic nitrogens is 1. The molecule has 110 valence electrons. The van der Waals surface area contributed by atoms with Crippen molar-refractivity contribution < 1.29 is 14.3 Å². The lowest BCUT2D eigenvalue weighted by atomic mass is 10.3. The zero-order chi connectivity index (χ0) is 15.1. The Kier molecular flexibility index (Phi) is 5.15. The largest absolute Gasteiger partial charge is 0.461 e. The molecule has 1 aromatic carbocycles. The number of carbonyl (C=O) groups excluding carboxylic acids is 1. The summed E-state index contributed by atoms with van der Waals surface area (Å²) in [5.41, 5.74) is 6.51. The zero-order valence-corrected chi connectivity index (χ0v) is 11.9. The van der Waals surface area contributed by atoms with Gasteiger partial charge in [-0.2, -0.15) is 0 Å². The van der Waals surface area contributed by atoms with Crippen LogP contribution in [0.15, 0.2) is 42.6 Å². The molecule has 0 saturated carbocycles. The van der Waals surface area contributed by atoms with Gasteiger partial charge in [0.2, 0.25) is 0 Å². The lowest BCUT2D eigenvalue weighted by Gasteiger charge is -2.07. The van der Waals surface area contributed by atoms with Gasteiger partial charge in [-0.1, -0.05) is 13.3 Å². The van der Waals surface area contributed by atoms with Gasteiger partial charge in [0.15, 0.2) is 5.69 Å². The van der Waals surface area contributed by atoms with Crippen LogP contribution in [0.3, 0.4) is 0 Å². The van der Waals surface area contributed by atoms with Gasteiger partial charge < -0.3 is 15.2 Å². The van der Waals surface area contributed by atoms with Crippen molar-refractivity contribution in [3.63, 3.8) is 0 Å². The molecule has 1 aromatic heterocycles. The predicted octanol–water partition coefficient (Wildman–Crippen LogP) is 3.41. The van der Waals surface area contributed by atoms with Crippen LogP contribution in [0.1, 0.15) is 30.3 Å². The Morgan fingerprint density at radius 2 is 1.95 bits per heavy atom. The molecule has 0 amide bonds. The van der Waals surface area contributed by atoms with Crippen molar-refractivity contribution in [3.8, 4) is 11.5 Å². The molecule has 0 spiro atoms. The van der Waals surface area contributed by atoms with Crippen LogP contribution in [0.4, 0.5) is 5.69 Å². The van der Waals surface area contributed by atoms with E-state index in [0.717, 1.165) is 12.8 Å². The van der Waals surface area contributed by atoms with E-state index in [4.69, 9.17) is 15.2 Å². The first kappa shape index (κ1) is 14.8. The summed E-state index contributed by atoms with van der Waals surface area (Å²) in [5.74, 6) is 0.726. The maximum atomic E-state index is 11.8. The monoisotopic (exact) mass is 286 g/mol. The summed E-state index contributed by atoms with van der Waals surface area (Å²) in [6, 6.07) is 10.3. The number of carbonyl (C=O) groups is 1. The fourth-order valence-electron chi connectivity index (χ4n) is 1.64. The van der Waals surface area contributed by atoms with Crippen molar-refractivity contribution in [1.29, 1.82) is 0 Å². The smallest absolute Gasteiger partial charge is 0.357 e. The van der Waals surface area contributed by atoms with E-state index in [2.05, 4.69) is 4.98 Å². The van der Waals surface area contributed by atoms with Crippen LogP contribution in [0.25, 0.3) is 0 Å². The van der Waals surface area contributed by atoms with Gasteiger partial charge in [-0.3, -0.25) is 0 Å². The Labute approximate surface area is 123 Å². The summed E-state index contributed by atoms with van der Waals surface area (Å²) in [7, 11) is 0. The number of ether oxygens (including phenoxy) is 2. The van der Waals surface area contributed by atoms with E-state index < -0.39 is 5.97 Å². The minimum absolute atomic E-state index is 0.235. The van der Waals surface area contributed by atoms with Crippen molar-refractivity contribution in [1.82, 2.24) is 4.98 Å². The van der Waals surface area contributed by atoms with E-state index in [9.17, 15) is 4.79 Å². The van der Waals surface area contributed by atoms with Gasteiger partial charge in [-0.25, -0.2) is 9.78 Å². The van der Waals surface area contributed by atoms with Crippen LogP contribution in [0, 0.1) is 0 Å². The molecule has 21 heavy (non-hydrogen) atoms. The number of nitrogens with two attached hydrogens (primary N) is 1. The molecule has 2 aromatic rings. The van der Waals surface area contributed by atoms with Gasteiger partial charge in [0.1, 0.15) is 11.5 Å². The van der Waals surface area contributed by atoms with E-state index in [0.29, 0.717) is 23.8 Å². The Bertz CT molecular complexity index is 597. The summed E-state index contributed by atoms with van der Waals surface area (Å²) in [6.45, 7) is 2.44. The SMILES string of the molecule is CCCCOC(=O)c1cc(Oc2ccc(N)cc2)ccn1. The van der Waals surface area contributed by atoms with Crippen LogP contribution >= 0.6 is 0 Å². The number of benzene rings is 1. The summed E-state index contributed by atoms with van der Waals surface area (Å²) < 4.78 is 10.8. The molecular weight excluding hydrogens is 268 g/mol. The molecule has 0 bridgehead atoms. The van der Waals surface area contributed by atoms with Crippen molar-refractivity contribution in [2.24, 2.45) is 0 Å². The molecule has 0 aliphatic heterocycles. The van der Waals surface area contributed by atoms with E-state index >= 15 is 0 Å². The third-order valence-corrected chi connectivity index (χ3v) is 2.79. The standard InChI is InChI=1S/C16H18N2O3/c1-2-3-10-20-16(19)15-11-14(8-9-18-15)21-13-6-4-12(17)5-7-13/h4-9,11H,2-3,10,17H2,1H3. The third-order valence-electron chi connectivity index (χ3n) is 2.79. The predicted molar refractivity (Wildman–Crippen MR) is 80.4 cm³/mol. The normalized spacial score (nSPS) is 10.1. The fourth-order valence-corrected chi connectivity index (χ4v) is 1.64. The summed E-state index contributed by atoms with van der Waals surface area (Å²) in [4.78, 5) is 15.8. The molecule has 0 fully saturated rings. The van der Waals surface area contributed by atoms with Crippen molar-refractivity contribution in [2.75, 3.05) is 12.3 Å². The average molecular weight is 286 g/mol. The van der Waals surface area contributed by atoms with E-state index in [1.54, 1.807) is 36.4 Å². The molecule has 5 heteroatoms. The number of rotatable bonds is 6. The number of nitrogen functional groups attached to an aromatic ring is 1. The first-order chi connectivity index (χ1) is 10.2. The highest BCUT2D eigenvalue weighted by Gasteiger charge is 2.10. The zero-order valence-electron chi connectivity index (χ0n) is 11.9. The number of nitrogens with zero attached hydrogens (tertiary/aromatic N) is 1. The van der Waals surface area contributed by atoms with Gasteiger partial charge in [-0.05, 0) is 36.8 Å². The number of esters is 1. The maximum Gasteiger partial charge on any atom is 0.357 e. The number of unbranched alkanes of at least 4 members (excludes halogenated alkanes) is 1. The molecule has 2 rings (SSSR count). The van der Waals surface area contributed by atoms with Gasteiger partial charge in [-0.15, -0.1) is 0 Å². The van der Waals surface area contributed by atoms with Crippen LogP contribution in [0.2, 0.25) is 0 Å². The van der Waals surface area contributed by atoms with Gasteiger partial charge in [0.25, 0.3) is 0 Å². The van der Waals surface area contributed by atoms with Crippen LogP contribution in [-0.2, 0) is 4.74 Å². The lowest BCUT2D eigenvalue weighted by Crippen LogP contribution is -2.08. The summed E-state index contributed by atoms with van der Waals surface area (Å²) >= 11 is 0. The summed E-state index contributed by atoms with van der Waals surface area (Å²) in [5, 5.41) is 0. The molecule has 2 N–H and O–H groups in total. The van der Waals surface area contributed by atoms with E-state index in [1.807, 2.05) is 6.92 Å². The van der Waals surface area contributed by atoms with E-state index in [1.165, 1.54) is 6.20 Å². The minimum Gasteiger partial charge on any atom is -0.461 e. The van der Waals surface area contributed by atoms with Gasteiger partial charge in [0.05, 0.1) is 6.61 Å². The van der Waals surface area contributed by atoms with Crippen LogP contribution in [-0.4, -0.2) is 17.6 Å². The van der Waals surface area contributed by atoms with E-state index in [-0.39, 0.29) is 5.69 Å². The molecule has 0 radical (unpaired) electrons. The third kappa shape index (κ3) is 4.49. The molecular formula is C16H18N2O3. The quantitative estimate of drug-likeness (QED) is 0.500. The molecule has 0 aliphatic carbocycles. The molecule has 0 atom stereocenters. The maximum absolute atomic E-state index is 11.8. The number of hydrogen-bond donors (Lipinski definition) is 1. The Hall–Kier alpha value is -2.56. The number of hydrogen-bond acceptors (Lipinski definition) is 5. The Morgan fingerprint density at radius 1 is 1.19 bits per heavy atom. The molecule has 1 heterocycles. The molecule has 0 saturated heterocycles. The highest BCUT2D eigenvalue weighted by molar-refractivity contribution is 5.87. The summed E-state index contributed by atoms with van der Waals surface area (Å²) in [6.07, 6.45) is 3.33. The minimum atomic E-state index is -0.439. The first-order valence-corrected chi connectivity index (χ1v) is 6.85. The number of pyridine rings is 1. The molecule has 5 nitrogen and oxygen atoms in total. The van der Waals surface area contributed by atoms with Gasteiger partial charge in [0, 0.05) is 18.0 Å². The van der Waals surface area contributed by atoms with Crippen molar-refractivity contribution >= 4 is 11.7 Å². The van der Waals surface area contributed by atoms with Gasteiger partial charge >= 0.3 is 5.97 Å². The second kappa shape index (κ2) is 7.28. The van der Waals surface area contributed by atoms with Crippen LogP contribution < -0.4 is 10.5 Å². The molecule has 0 unspecified atom stereocenters. The fraction of sp³-hybridized carbons (Fsp3) is 0.250. The Morgan fingerprint density at radius 3 is 2.67 bits per heavy atom. The highest BCUT2D eigenvalue weighted by Crippen LogP contribution is 2.22. The topological polar surface area (TPSA) is 74.4 Å². The van der Waals surface area contributed by atoms with Crippen LogP contribution in [0.5, 0.6) is 11.5 Å². The van der Waals surface area contributed by atoms with Crippen molar-refractivity contribution in [2.45, 2.75) is 19.8 Å². The lowest BCUT2D eigenvalue weighted by molar-refractivity contribution is 0.0492. The number of anilines is 1. The first-order valence-electron chi connectivity index (χ1n) is 6.85. The Balaban J connectivity index is 2.03. The molecule has 0 aliphatic rings. The highest BCUT2D eigenvalue weighted by atomic mass is 16.5. The second-order valence-electron chi connectivity index (χ2n) is 4.54. The van der Waals surface area contributed by atoms with Crippen molar-refractivity contribution in [3.05, 3.63) is 48.3 Å². The average Bonchev–Trinajstić information content (AvgIpc) is 2.50. The second-order valence-corrected chi connectivity index (χ2v) is 4.54.